The molecule has 3 rings (SSSR count). The molecule has 1 atom stereocenters. The molecular weight excluding hydrogens is 342 g/mol. The van der Waals surface area contributed by atoms with E-state index in [-0.39, 0.29) is 5.91 Å². The maximum Gasteiger partial charge on any atom is 0.265 e. The molecule has 1 N–H and O–H groups in total. The second-order valence-corrected chi connectivity index (χ2v) is 5.84. The maximum absolute atomic E-state index is 12.5. The Labute approximate surface area is 158 Å². The van der Waals surface area contributed by atoms with Gasteiger partial charge in [0.05, 0.1) is 12.8 Å². The van der Waals surface area contributed by atoms with Crippen molar-refractivity contribution < 1.29 is 19.0 Å². The first-order valence-electron chi connectivity index (χ1n) is 8.59. The molecule has 0 aromatic heterocycles. The molecule has 5 heteroatoms. The lowest BCUT2D eigenvalue weighted by Crippen LogP contribution is -2.30. The van der Waals surface area contributed by atoms with Crippen LogP contribution >= 0.6 is 0 Å². The zero-order valence-corrected chi connectivity index (χ0v) is 15.2. The Morgan fingerprint density at radius 3 is 2.15 bits per heavy atom. The number of benzene rings is 3. The Morgan fingerprint density at radius 2 is 1.44 bits per heavy atom. The molecule has 1 amide bonds. The van der Waals surface area contributed by atoms with Gasteiger partial charge in [-0.05, 0) is 55.5 Å². The second-order valence-electron chi connectivity index (χ2n) is 5.84. The number of para-hydroxylation sites is 3. The number of nitrogens with one attached hydrogen (secondary N) is 1. The van der Waals surface area contributed by atoms with Gasteiger partial charge in [0.15, 0.2) is 11.9 Å². The van der Waals surface area contributed by atoms with Gasteiger partial charge >= 0.3 is 0 Å². The Morgan fingerprint density at radius 1 is 0.815 bits per heavy atom. The smallest absolute Gasteiger partial charge is 0.265 e. The zero-order chi connectivity index (χ0) is 19.1. The Kier molecular flexibility index (Phi) is 5.94. The van der Waals surface area contributed by atoms with Crippen LogP contribution in [-0.4, -0.2) is 19.1 Å². The monoisotopic (exact) mass is 363 g/mol. The van der Waals surface area contributed by atoms with Gasteiger partial charge in [0.2, 0.25) is 0 Å². The SMILES string of the molecule is COc1ccc(O[C@H](C)C(=O)Nc2ccccc2Oc2ccccc2)cc1. The van der Waals surface area contributed by atoms with Gasteiger partial charge in [-0.15, -0.1) is 0 Å². The maximum atomic E-state index is 12.5. The number of hydrogen-bond acceptors (Lipinski definition) is 4. The highest BCUT2D eigenvalue weighted by Gasteiger charge is 2.17. The van der Waals surface area contributed by atoms with Crippen molar-refractivity contribution in [2.45, 2.75) is 13.0 Å². The highest BCUT2D eigenvalue weighted by atomic mass is 16.5. The van der Waals surface area contributed by atoms with Crippen molar-refractivity contribution in [2.75, 3.05) is 12.4 Å². The van der Waals surface area contributed by atoms with Gasteiger partial charge in [0, 0.05) is 0 Å². The Balaban J connectivity index is 1.66. The van der Waals surface area contributed by atoms with Gasteiger partial charge in [-0.2, -0.15) is 0 Å². The molecule has 0 radical (unpaired) electrons. The molecule has 0 fully saturated rings. The molecule has 27 heavy (non-hydrogen) atoms. The number of carbonyl (C=O) groups is 1. The lowest BCUT2D eigenvalue weighted by Gasteiger charge is -2.17. The minimum atomic E-state index is -0.678. The van der Waals surface area contributed by atoms with E-state index >= 15 is 0 Å². The third kappa shape index (κ3) is 5.01. The molecule has 0 heterocycles. The summed E-state index contributed by atoms with van der Waals surface area (Å²) in [6, 6.07) is 23.8. The molecule has 0 spiro atoms. The van der Waals surface area contributed by atoms with Gasteiger partial charge in [-0.3, -0.25) is 4.79 Å². The van der Waals surface area contributed by atoms with Crippen molar-refractivity contribution in [1.82, 2.24) is 0 Å². The van der Waals surface area contributed by atoms with Gasteiger partial charge in [-0.1, -0.05) is 30.3 Å². The van der Waals surface area contributed by atoms with E-state index in [0.717, 1.165) is 5.75 Å². The van der Waals surface area contributed by atoms with E-state index in [1.807, 2.05) is 42.5 Å². The summed E-state index contributed by atoms with van der Waals surface area (Å²) in [7, 11) is 1.60. The number of ether oxygens (including phenoxy) is 3. The van der Waals surface area contributed by atoms with Crippen molar-refractivity contribution in [1.29, 1.82) is 0 Å². The highest BCUT2D eigenvalue weighted by molar-refractivity contribution is 5.95. The van der Waals surface area contributed by atoms with Crippen molar-refractivity contribution in [3.05, 3.63) is 78.9 Å². The molecule has 0 aliphatic rings. The van der Waals surface area contributed by atoms with E-state index in [1.54, 1.807) is 50.4 Å². The average Bonchev–Trinajstić information content (AvgIpc) is 2.71. The Hall–Kier alpha value is -3.47. The normalized spacial score (nSPS) is 11.3. The quantitative estimate of drug-likeness (QED) is 0.649. The largest absolute Gasteiger partial charge is 0.497 e. The summed E-state index contributed by atoms with van der Waals surface area (Å²) in [5.74, 6) is 2.31. The molecular formula is C22H21NO4. The molecule has 3 aromatic carbocycles. The van der Waals surface area contributed by atoms with Crippen molar-refractivity contribution in [3.8, 4) is 23.0 Å². The van der Waals surface area contributed by atoms with E-state index < -0.39 is 6.10 Å². The van der Waals surface area contributed by atoms with Crippen molar-refractivity contribution in [2.24, 2.45) is 0 Å². The van der Waals surface area contributed by atoms with Crippen LogP contribution in [0.3, 0.4) is 0 Å². The highest BCUT2D eigenvalue weighted by Crippen LogP contribution is 2.29. The first-order valence-corrected chi connectivity index (χ1v) is 8.59. The third-order valence-corrected chi connectivity index (χ3v) is 3.86. The van der Waals surface area contributed by atoms with Gasteiger partial charge in [0.1, 0.15) is 17.2 Å². The molecule has 0 saturated carbocycles. The fraction of sp³-hybridized carbons (Fsp3) is 0.136. The lowest BCUT2D eigenvalue weighted by atomic mass is 10.2. The summed E-state index contributed by atoms with van der Waals surface area (Å²) in [5, 5.41) is 2.86. The number of anilines is 1. The van der Waals surface area contributed by atoms with E-state index in [0.29, 0.717) is 22.9 Å². The standard InChI is InChI=1S/C22H21NO4/c1-16(26-19-14-12-17(25-2)13-15-19)22(24)23-20-10-6-7-11-21(20)27-18-8-4-3-5-9-18/h3-16H,1-2H3,(H,23,24)/t16-/m1/s1. The summed E-state index contributed by atoms with van der Waals surface area (Å²) in [4.78, 5) is 12.5. The molecule has 0 aliphatic heterocycles. The zero-order valence-electron chi connectivity index (χ0n) is 15.2. The van der Waals surface area contributed by atoms with Crippen LogP contribution in [0.25, 0.3) is 0 Å². The van der Waals surface area contributed by atoms with E-state index in [2.05, 4.69) is 5.32 Å². The van der Waals surface area contributed by atoms with Crippen LogP contribution in [0, 0.1) is 0 Å². The number of rotatable bonds is 7. The molecule has 0 aliphatic carbocycles. The first-order chi connectivity index (χ1) is 13.2. The minimum Gasteiger partial charge on any atom is -0.497 e. The minimum absolute atomic E-state index is 0.269. The summed E-state index contributed by atoms with van der Waals surface area (Å²) in [6.07, 6.45) is -0.678. The predicted octanol–water partition coefficient (Wildman–Crippen LogP) is 4.89. The molecule has 3 aromatic rings. The van der Waals surface area contributed by atoms with E-state index in [1.165, 1.54) is 0 Å². The van der Waals surface area contributed by atoms with Crippen LogP contribution in [-0.2, 0) is 4.79 Å². The lowest BCUT2D eigenvalue weighted by molar-refractivity contribution is -0.122. The summed E-state index contributed by atoms with van der Waals surface area (Å²) < 4.78 is 16.7. The molecule has 0 bridgehead atoms. The van der Waals surface area contributed by atoms with Crippen LogP contribution in [0.2, 0.25) is 0 Å². The van der Waals surface area contributed by atoms with Crippen molar-refractivity contribution >= 4 is 11.6 Å². The number of carbonyl (C=O) groups excluding carboxylic acids is 1. The number of hydrogen-bond donors (Lipinski definition) is 1. The van der Waals surface area contributed by atoms with E-state index in [4.69, 9.17) is 14.2 Å². The van der Waals surface area contributed by atoms with Crippen molar-refractivity contribution in [3.63, 3.8) is 0 Å². The van der Waals surface area contributed by atoms with Crippen LogP contribution in [0.4, 0.5) is 5.69 Å². The fourth-order valence-electron chi connectivity index (χ4n) is 2.42. The van der Waals surface area contributed by atoms with Crippen LogP contribution in [0.1, 0.15) is 6.92 Å². The summed E-state index contributed by atoms with van der Waals surface area (Å²) in [6.45, 7) is 1.69. The Bertz CT molecular complexity index is 878. The van der Waals surface area contributed by atoms with Gasteiger partial charge in [-0.25, -0.2) is 0 Å². The average molecular weight is 363 g/mol. The molecule has 0 saturated heterocycles. The van der Waals surface area contributed by atoms with Crippen LogP contribution in [0.15, 0.2) is 78.9 Å². The summed E-state index contributed by atoms with van der Waals surface area (Å²) in [5.41, 5.74) is 0.580. The molecule has 138 valence electrons. The van der Waals surface area contributed by atoms with Crippen LogP contribution < -0.4 is 19.5 Å². The predicted molar refractivity (Wildman–Crippen MR) is 105 cm³/mol. The second kappa shape index (κ2) is 8.76. The summed E-state index contributed by atoms with van der Waals surface area (Å²) >= 11 is 0. The molecule has 0 unspecified atom stereocenters. The van der Waals surface area contributed by atoms with Crippen LogP contribution in [0.5, 0.6) is 23.0 Å². The number of amides is 1. The van der Waals surface area contributed by atoms with E-state index in [9.17, 15) is 4.79 Å². The van der Waals surface area contributed by atoms with Gasteiger partial charge in [0.25, 0.3) is 5.91 Å². The molecule has 5 nitrogen and oxygen atoms in total. The van der Waals surface area contributed by atoms with Gasteiger partial charge < -0.3 is 19.5 Å². The number of methoxy groups -OCH3 is 1. The first kappa shape index (κ1) is 18.3. The fourth-order valence-corrected chi connectivity index (χ4v) is 2.42. The topological polar surface area (TPSA) is 56.8 Å². The third-order valence-electron chi connectivity index (χ3n) is 3.86.